The van der Waals surface area contributed by atoms with E-state index in [1.165, 1.54) is 23.4 Å². The molecule has 0 radical (unpaired) electrons. The summed E-state index contributed by atoms with van der Waals surface area (Å²) < 4.78 is 16.5. The van der Waals surface area contributed by atoms with Crippen LogP contribution >= 0.6 is 11.3 Å². The quantitative estimate of drug-likeness (QED) is 0.501. The number of nitrogens with one attached hydrogen (secondary N) is 2. The first kappa shape index (κ1) is 23.1. The number of hydrogen-bond acceptors (Lipinski definition) is 8. The van der Waals surface area contributed by atoms with Crippen molar-refractivity contribution >= 4 is 39.0 Å². The SMILES string of the molecule is COc1cc(OC)c2c(CNC(=O)OC(C)(C)C)ncc(Nc3nc4c(s3)CCCC4)c2c1. The Morgan fingerprint density at radius 3 is 2.64 bits per heavy atom. The van der Waals surface area contributed by atoms with Crippen LogP contribution in [0.15, 0.2) is 18.3 Å². The number of methoxy groups -OCH3 is 2. The summed E-state index contributed by atoms with van der Waals surface area (Å²) in [7, 11) is 3.23. The number of aromatic nitrogens is 2. The van der Waals surface area contributed by atoms with E-state index in [1.807, 2.05) is 32.9 Å². The Morgan fingerprint density at radius 1 is 1.15 bits per heavy atom. The van der Waals surface area contributed by atoms with Crippen LogP contribution in [0.4, 0.5) is 15.6 Å². The van der Waals surface area contributed by atoms with Gasteiger partial charge >= 0.3 is 6.09 Å². The van der Waals surface area contributed by atoms with Gasteiger partial charge in [0.1, 0.15) is 17.1 Å². The first-order valence-electron chi connectivity index (χ1n) is 11.0. The monoisotopic (exact) mass is 470 g/mol. The molecule has 3 aromatic rings. The van der Waals surface area contributed by atoms with Gasteiger partial charge in [-0.3, -0.25) is 4.98 Å². The third-order valence-electron chi connectivity index (χ3n) is 5.35. The number of amides is 1. The fourth-order valence-corrected chi connectivity index (χ4v) is 4.94. The van der Waals surface area contributed by atoms with Crippen LogP contribution in [0.2, 0.25) is 0 Å². The van der Waals surface area contributed by atoms with Gasteiger partial charge in [-0.05, 0) is 52.5 Å². The Labute approximate surface area is 197 Å². The second-order valence-electron chi connectivity index (χ2n) is 8.95. The third kappa shape index (κ3) is 5.30. The molecule has 0 fully saturated rings. The van der Waals surface area contributed by atoms with E-state index in [0.717, 1.165) is 34.4 Å². The number of hydrogen-bond donors (Lipinski definition) is 2. The molecule has 33 heavy (non-hydrogen) atoms. The molecule has 0 bridgehead atoms. The lowest BCUT2D eigenvalue weighted by atomic mass is 10.0. The second kappa shape index (κ2) is 9.43. The molecule has 1 aliphatic rings. The lowest BCUT2D eigenvalue weighted by Gasteiger charge is -2.20. The zero-order chi connectivity index (χ0) is 23.6. The summed E-state index contributed by atoms with van der Waals surface area (Å²) in [4.78, 5) is 23.0. The molecule has 2 aromatic heterocycles. The average Bonchev–Trinajstić information content (AvgIpc) is 3.19. The highest BCUT2D eigenvalue weighted by Crippen LogP contribution is 2.39. The van der Waals surface area contributed by atoms with Crippen molar-refractivity contribution < 1.29 is 19.0 Å². The van der Waals surface area contributed by atoms with Crippen molar-refractivity contribution in [3.8, 4) is 11.5 Å². The Morgan fingerprint density at radius 2 is 1.94 bits per heavy atom. The molecule has 0 saturated heterocycles. The van der Waals surface area contributed by atoms with Gasteiger partial charge in [0.2, 0.25) is 0 Å². The summed E-state index contributed by atoms with van der Waals surface area (Å²) in [6, 6.07) is 3.75. The Kier molecular flexibility index (Phi) is 6.60. The van der Waals surface area contributed by atoms with Gasteiger partial charge in [0.25, 0.3) is 0 Å². The molecular formula is C24H30N4O4S. The summed E-state index contributed by atoms with van der Waals surface area (Å²) in [5.41, 5.74) is 2.08. The van der Waals surface area contributed by atoms with Gasteiger partial charge in [-0.25, -0.2) is 9.78 Å². The van der Waals surface area contributed by atoms with Crippen molar-refractivity contribution in [2.24, 2.45) is 0 Å². The van der Waals surface area contributed by atoms with E-state index in [1.54, 1.807) is 31.8 Å². The number of ether oxygens (including phenoxy) is 3. The number of thiazole rings is 1. The van der Waals surface area contributed by atoms with Crippen molar-refractivity contribution in [1.29, 1.82) is 0 Å². The molecule has 0 unspecified atom stereocenters. The molecule has 1 aromatic carbocycles. The van der Waals surface area contributed by atoms with Crippen LogP contribution in [-0.2, 0) is 24.1 Å². The smallest absolute Gasteiger partial charge is 0.407 e. The topological polar surface area (TPSA) is 94.6 Å². The van der Waals surface area contributed by atoms with Crippen molar-refractivity contribution in [3.63, 3.8) is 0 Å². The summed E-state index contributed by atoms with van der Waals surface area (Å²) >= 11 is 1.70. The highest BCUT2D eigenvalue weighted by Gasteiger charge is 2.20. The molecule has 0 aliphatic heterocycles. The molecule has 4 rings (SSSR count). The maximum absolute atomic E-state index is 12.2. The van der Waals surface area contributed by atoms with Gasteiger partial charge in [-0.1, -0.05) is 0 Å². The lowest BCUT2D eigenvalue weighted by molar-refractivity contribution is 0.0523. The van der Waals surface area contributed by atoms with Crippen LogP contribution in [0.3, 0.4) is 0 Å². The van der Waals surface area contributed by atoms with Gasteiger partial charge in [0.15, 0.2) is 5.13 Å². The van der Waals surface area contributed by atoms with Crippen LogP contribution in [-0.4, -0.2) is 35.9 Å². The van der Waals surface area contributed by atoms with E-state index in [2.05, 4.69) is 15.6 Å². The van der Waals surface area contributed by atoms with Gasteiger partial charge in [-0.2, -0.15) is 0 Å². The van der Waals surface area contributed by atoms with E-state index >= 15 is 0 Å². The van der Waals surface area contributed by atoms with Crippen LogP contribution < -0.4 is 20.1 Å². The number of aryl methyl sites for hydroxylation is 2. The normalized spacial score (nSPS) is 13.4. The summed E-state index contributed by atoms with van der Waals surface area (Å²) in [5, 5.41) is 8.76. The number of benzene rings is 1. The largest absolute Gasteiger partial charge is 0.497 e. The average molecular weight is 471 g/mol. The van der Waals surface area contributed by atoms with E-state index in [0.29, 0.717) is 17.2 Å². The summed E-state index contributed by atoms with van der Waals surface area (Å²) in [6.45, 7) is 5.67. The molecule has 0 spiro atoms. The number of carbonyl (C=O) groups is 1. The minimum Gasteiger partial charge on any atom is -0.497 e. The molecule has 1 amide bonds. The van der Waals surface area contributed by atoms with Crippen LogP contribution in [0, 0.1) is 0 Å². The van der Waals surface area contributed by atoms with Gasteiger partial charge in [0, 0.05) is 21.7 Å². The molecule has 8 nitrogen and oxygen atoms in total. The zero-order valence-corrected chi connectivity index (χ0v) is 20.5. The first-order chi connectivity index (χ1) is 15.8. The number of alkyl carbamates (subject to hydrolysis) is 1. The maximum atomic E-state index is 12.2. The number of anilines is 2. The number of fused-ring (bicyclic) bond motifs is 2. The standard InChI is InChI=1S/C24H30N4O4S/c1-24(2,3)32-23(29)26-13-18-21-15(10-14(30-4)11-19(21)31-5)17(12-25-18)28-22-27-16-8-6-7-9-20(16)33-22/h10-12H,6-9,13H2,1-5H3,(H,26,29)(H,27,28). The molecule has 0 atom stereocenters. The maximum Gasteiger partial charge on any atom is 0.407 e. The number of pyridine rings is 1. The lowest BCUT2D eigenvalue weighted by Crippen LogP contribution is -2.32. The van der Waals surface area contributed by atoms with Crippen LogP contribution in [0.1, 0.15) is 49.9 Å². The van der Waals surface area contributed by atoms with Crippen molar-refractivity contribution in [2.75, 3.05) is 19.5 Å². The van der Waals surface area contributed by atoms with Gasteiger partial charge in [-0.15, -0.1) is 11.3 Å². The van der Waals surface area contributed by atoms with Gasteiger partial charge in [0.05, 0.1) is 44.0 Å². The Bertz CT molecular complexity index is 1150. The van der Waals surface area contributed by atoms with E-state index in [-0.39, 0.29) is 6.54 Å². The minimum absolute atomic E-state index is 0.194. The third-order valence-corrected chi connectivity index (χ3v) is 6.42. The highest BCUT2D eigenvalue weighted by atomic mass is 32.1. The molecular weight excluding hydrogens is 440 g/mol. The molecule has 176 valence electrons. The predicted octanol–water partition coefficient (Wildman–Crippen LogP) is 5.36. The molecule has 2 heterocycles. The van der Waals surface area contributed by atoms with Crippen LogP contribution in [0.25, 0.3) is 10.8 Å². The molecule has 9 heteroatoms. The number of carbonyl (C=O) groups excluding carboxylic acids is 1. The van der Waals surface area contributed by atoms with E-state index in [9.17, 15) is 4.79 Å². The highest BCUT2D eigenvalue weighted by molar-refractivity contribution is 7.15. The van der Waals surface area contributed by atoms with Crippen LogP contribution in [0.5, 0.6) is 11.5 Å². The Hall–Kier alpha value is -3.07. The molecule has 1 aliphatic carbocycles. The van der Waals surface area contributed by atoms with Crippen molar-refractivity contribution in [3.05, 3.63) is 34.6 Å². The zero-order valence-electron chi connectivity index (χ0n) is 19.7. The number of nitrogens with zero attached hydrogens (tertiary/aromatic N) is 2. The second-order valence-corrected chi connectivity index (χ2v) is 10.0. The minimum atomic E-state index is -0.578. The van der Waals surface area contributed by atoms with E-state index in [4.69, 9.17) is 19.2 Å². The molecule has 2 N–H and O–H groups in total. The fraction of sp³-hybridized carbons (Fsp3) is 0.458. The van der Waals surface area contributed by atoms with Crippen molar-refractivity contribution in [1.82, 2.24) is 15.3 Å². The predicted molar refractivity (Wildman–Crippen MR) is 130 cm³/mol. The number of rotatable bonds is 6. The molecule has 0 saturated carbocycles. The van der Waals surface area contributed by atoms with Gasteiger partial charge < -0.3 is 24.8 Å². The van der Waals surface area contributed by atoms with Crippen molar-refractivity contribution in [2.45, 2.75) is 58.6 Å². The Balaban J connectivity index is 1.70. The van der Waals surface area contributed by atoms with E-state index < -0.39 is 11.7 Å². The summed E-state index contributed by atoms with van der Waals surface area (Å²) in [5.74, 6) is 1.28. The fourth-order valence-electron chi connectivity index (χ4n) is 3.88. The summed E-state index contributed by atoms with van der Waals surface area (Å²) in [6.07, 6.45) is 5.78. The first-order valence-corrected chi connectivity index (χ1v) is 11.8.